The molecule has 2 amide bonds. The van der Waals surface area contributed by atoms with Crippen LogP contribution in [0.25, 0.3) is 0 Å². The lowest BCUT2D eigenvalue weighted by molar-refractivity contribution is -0.136. The first-order valence-corrected chi connectivity index (χ1v) is 7.26. The summed E-state index contributed by atoms with van der Waals surface area (Å²) in [7, 11) is 0. The van der Waals surface area contributed by atoms with Gasteiger partial charge in [0.15, 0.2) is 0 Å². The molecule has 1 aromatic rings. The molecule has 0 aliphatic carbocycles. The number of piperazine rings is 2. The van der Waals surface area contributed by atoms with Gasteiger partial charge < -0.3 is 14.6 Å². The molecule has 21 heavy (non-hydrogen) atoms. The van der Waals surface area contributed by atoms with Crippen LogP contribution in [-0.2, 0) is 16.1 Å². The van der Waals surface area contributed by atoms with E-state index >= 15 is 0 Å². The maximum atomic E-state index is 12.4. The number of hydrogen-bond acceptors (Lipinski definition) is 5. The lowest BCUT2D eigenvalue weighted by Gasteiger charge is -2.37. The van der Waals surface area contributed by atoms with Gasteiger partial charge in [-0.05, 0) is 12.1 Å². The van der Waals surface area contributed by atoms with E-state index in [0.29, 0.717) is 19.6 Å². The molecular weight excluding hydrogens is 272 g/mol. The number of hydrogen-bond donors (Lipinski definition) is 2. The first-order valence-electron chi connectivity index (χ1n) is 7.26. The van der Waals surface area contributed by atoms with Crippen molar-refractivity contribution in [1.29, 1.82) is 0 Å². The molecule has 114 valence electrons. The summed E-state index contributed by atoms with van der Waals surface area (Å²) in [6.07, 6.45) is 1.68. The van der Waals surface area contributed by atoms with Crippen LogP contribution in [0.15, 0.2) is 22.8 Å². The lowest BCUT2D eigenvalue weighted by Crippen LogP contribution is -2.60. The summed E-state index contributed by atoms with van der Waals surface area (Å²) >= 11 is 0. The van der Waals surface area contributed by atoms with Crippen molar-refractivity contribution in [1.82, 2.24) is 20.4 Å². The van der Waals surface area contributed by atoms with E-state index < -0.39 is 0 Å². The third kappa shape index (κ3) is 3.43. The average Bonchev–Trinajstić information content (AvgIpc) is 3.01. The quantitative estimate of drug-likeness (QED) is 0.748. The van der Waals surface area contributed by atoms with E-state index in [0.717, 1.165) is 25.4 Å². The summed E-state index contributed by atoms with van der Waals surface area (Å²) in [5, 5.41) is 5.70. The van der Waals surface area contributed by atoms with Gasteiger partial charge in [-0.25, -0.2) is 0 Å². The van der Waals surface area contributed by atoms with Crippen LogP contribution in [0.1, 0.15) is 5.76 Å². The second kappa shape index (κ2) is 6.28. The van der Waals surface area contributed by atoms with Gasteiger partial charge in [0.1, 0.15) is 11.8 Å². The molecule has 1 unspecified atom stereocenters. The molecule has 7 nitrogen and oxygen atoms in total. The zero-order chi connectivity index (χ0) is 14.7. The molecular formula is C14H20N4O3. The van der Waals surface area contributed by atoms with Crippen LogP contribution in [0.3, 0.4) is 0 Å². The first kappa shape index (κ1) is 14.1. The van der Waals surface area contributed by atoms with E-state index in [1.54, 1.807) is 6.26 Å². The van der Waals surface area contributed by atoms with E-state index in [1.165, 1.54) is 0 Å². The topological polar surface area (TPSA) is 77.8 Å². The van der Waals surface area contributed by atoms with Crippen LogP contribution in [0.5, 0.6) is 0 Å². The maximum absolute atomic E-state index is 12.4. The molecule has 1 aromatic heterocycles. The van der Waals surface area contributed by atoms with Crippen LogP contribution in [0.2, 0.25) is 0 Å². The lowest BCUT2D eigenvalue weighted by atomic mass is 10.2. The van der Waals surface area contributed by atoms with E-state index in [-0.39, 0.29) is 24.4 Å². The van der Waals surface area contributed by atoms with Crippen molar-refractivity contribution >= 4 is 11.8 Å². The highest BCUT2D eigenvalue weighted by Crippen LogP contribution is 2.10. The minimum Gasteiger partial charge on any atom is -0.468 e. The fraction of sp³-hybridized carbons (Fsp3) is 0.571. The number of amides is 2. The van der Waals surface area contributed by atoms with Crippen molar-refractivity contribution in [3.05, 3.63) is 24.2 Å². The van der Waals surface area contributed by atoms with Crippen LogP contribution < -0.4 is 10.6 Å². The van der Waals surface area contributed by atoms with Gasteiger partial charge in [-0.15, -0.1) is 0 Å². The molecule has 0 saturated carbocycles. The van der Waals surface area contributed by atoms with Crippen molar-refractivity contribution in [2.75, 3.05) is 39.3 Å². The summed E-state index contributed by atoms with van der Waals surface area (Å²) in [5.41, 5.74) is 0. The number of nitrogens with one attached hydrogen (secondary N) is 2. The molecule has 3 rings (SSSR count). The third-order valence-corrected chi connectivity index (χ3v) is 3.95. The van der Waals surface area contributed by atoms with Crippen molar-refractivity contribution in [2.24, 2.45) is 0 Å². The molecule has 0 aromatic carbocycles. The van der Waals surface area contributed by atoms with Gasteiger partial charge in [-0.3, -0.25) is 19.8 Å². The van der Waals surface area contributed by atoms with Gasteiger partial charge in [0.2, 0.25) is 11.8 Å². The highest BCUT2D eigenvalue weighted by atomic mass is 16.3. The highest BCUT2D eigenvalue weighted by Gasteiger charge is 2.29. The predicted molar refractivity (Wildman–Crippen MR) is 75.4 cm³/mol. The fourth-order valence-electron chi connectivity index (χ4n) is 2.71. The van der Waals surface area contributed by atoms with Crippen molar-refractivity contribution in [3.63, 3.8) is 0 Å². The molecule has 7 heteroatoms. The second-order valence-electron chi connectivity index (χ2n) is 5.42. The minimum atomic E-state index is -0.292. The van der Waals surface area contributed by atoms with Gasteiger partial charge in [-0.2, -0.15) is 0 Å². The standard InChI is InChI=1S/C14H20N4O3/c19-13-9-15-12(8-16-13)14(20)18-5-3-17(4-6-18)10-11-2-1-7-21-11/h1-2,7,12,15H,3-6,8-10H2,(H,16,19). The molecule has 0 bridgehead atoms. The summed E-state index contributed by atoms with van der Waals surface area (Å²) in [4.78, 5) is 27.6. The van der Waals surface area contributed by atoms with Crippen LogP contribution in [-0.4, -0.2) is 66.9 Å². The molecule has 0 radical (unpaired) electrons. The molecule has 1 atom stereocenters. The van der Waals surface area contributed by atoms with Gasteiger partial charge in [0, 0.05) is 32.7 Å². The SMILES string of the molecule is O=C1CNC(C(=O)N2CCN(Cc3ccco3)CC2)CN1. The third-order valence-electron chi connectivity index (χ3n) is 3.95. The smallest absolute Gasteiger partial charge is 0.241 e. The average molecular weight is 292 g/mol. The number of rotatable bonds is 3. The Morgan fingerprint density at radius 3 is 2.76 bits per heavy atom. The predicted octanol–water partition coefficient (Wildman–Crippen LogP) is -0.988. The Balaban J connectivity index is 1.46. The van der Waals surface area contributed by atoms with E-state index in [4.69, 9.17) is 4.42 Å². The highest BCUT2D eigenvalue weighted by molar-refractivity contribution is 5.86. The van der Waals surface area contributed by atoms with Crippen molar-refractivity contribution < 1.29 is 14.0 Å². The van der Waals surface area contributed by atoms with E-state index in [1.807, 2.05) is 17.0 Å². The Bertz CT molecular complexity index is 484. The summed E-state index contributed by atoms with van der Waals surface area (Å²) in [5.74, 6) is 0.974. The normalized spacial score (nSPS) is 23.9. The Hall–Kier alpha value is -1.86. The van der Waals surface area contributed by atoms with Gasteiger partial charge in [0.25, 0.3) is 0 Å². The molecule has 2 saturated heterocycles. The number of furan rings is 1. The second-order valence-corrected chi connectivity index (χ2v) is 5.42. The van der Waals surface area contributed by atoms with Crippen LogP contribution >= 0.6 is 0 Å². The molecule has 2 aliphatic rings. The zero-order valence-electron chi connectivity index (χ0n) is 11.9. The first-order chi connectivity index (χ1) is 10.2. The number of carbonyl (C=O) groups is 2. The fourth-order valence-corrected chi connectivity index (χ4v) is 2.71. The van der Waals surface area contributed by atoms with Crippen LogP contribution in [0, 0.1) is 0 Å². The molecule has 2 aliphatic heterocycles. The van der Waals surface area contributed by atoms with Crippen molar-refractivity contribution in [2.45, 2.75) is 12.6 Å². The van der Waals surface area contributed by atoms with Crippen LogP contribution in [0.4, 0.5) is 0 Å². The largest absolute Gasteiger partial charge is 0.468 e. The molecule has 0 spiro atoms. The summed E-state index contributed by atoms with van der Waals surface area (Å²) < 4.78 is 5.34. The summed E-state index contributed by atoms with van der Waals surface area (Å²) in [6.45, 7) is 4.49. The molecule has 3 heterocycles. The maximum Gasteiger partial charge on any atom is 0.241 e. The Labute approximate surface area is 123 Å². The number of nitrogens with zero attached hydrogens (tertiary/aromatic N) is 2. The Kier molecular flexibility index (Phi) is 4.21. The van der Waals surface area contributed by atoms with Crippen molar-refractivity contribution in [3.8, 4) is 0 Å². The Morgan fingerprint density at radius 2 is 2.14 bits per heavy atom. The summed E-state index contributed by atoms with van der Waals surface area (Å²) in [6, 6.07) is 3.56. The number of carbonyl (C=O) groups excluding carboxylic acids is 2. The van der Waals surface area contributed by atoms with Gasteiger partial charge in [-0.1, -0.05) is 0 Å². The van der Waals surface area contributed by atoms with E-state index in [9.17, 15) is 9.59 Å². The molecule has 2 N–H and O–H groups in total. The van der Waals surface area contributed by atoms with Gasteiger partial charge in [0.05, 0.1) is 19.4 Å². The zero-order valence-corrected chi connectivity index (χ0v) is 11.9. The Morgan fingerprint density at radius 1 is 1.33 bits per heavy atom. The van der Waals surface area contributed by atoms with Gasteiger partial charge >= 0.3 is 0 Å². The molecule has 2 fully saturated rings. The van der Waals surface area contributed by atoms with E-state index in [2.05, 4.69) is 15.5 Å². The monoisotopic (exact) mass is 292 g/mol. The minimum absolute atomic E-state index is 0.0534.